The predicted molar refractivity (Wildman–Crippen MR) is 74.8 cm³/mol. The van der Waals surface area contributed by atoms with Crippen molar-refractivity contribution in [1.82, 2.24) is 9.80 Å². The van der Waals surface area contributed by atoms with Gasteiger partial charge in [-0.1, -0.05) is 32.6 Å². The van der Waals surface area contributed by atoms with Crippen molar-refractivity contribution < 1.29 is 14.7 Å². The summed E-state index contributed by atoms with van der Waals surface area (Å²) < 4.78 is 0. The quantitative estimate of drug-likeness (QED) is 0.684. The molecule has 0 aromatic rings. The summed E-state index contributed by atoms with van der Waals surface area (Å²) in [5, 5.41) is 8.81. The van der Waals surface area contributed by atoms with Crippen LogP contribution >= 0.6 is 0 Å². The first kappa shape index (κ1) is 17.3. The smallest absolute Gasteiger partial charge is 0.323 e. The van der Waals surface area contributed by atoms with Crippen molar-refractivity contribution in [2.45, 2.75) is 33.6 Å². The number of hydrogen-bond donors (Lipinski definition) is 1. The molecule has 0 heterocycles. The number of carbonyl (C=O) groups excluding carboxylic acids is 1. The van der Waals surface area contributed by atoms with Crippen molar-refractivity contribution in [2.75, 3.05) is 26.2 Å². The fourth-order valence-electron chi connectivity index (χ4n) is 1.87. The average Bonchev–Trinajstić information content (AvgIpc) is 2.38. The fraction of sp³-hybridized carbons (Fsp3) is 0.714. The van der Waals surface area contributed by atoms with Gasteiger partial charge in [-0.2, -0.15) is 0 Å². The van der Waals surface area contributed by atoms with Crippen LogP contribution in [-0.4, -0.2) is 53.1 Å². The summed E-state index contributed by atoms with van der Waals surface area (Å²) in [4.78, 5) is 25.9. The zero-order valence-corrected chi connectivity index (χ0v) is 12.1. The van der Waals surface area contributed by atoms with Crippen molar-refractivity contribution in [3.05, 3.63) is 0 Å². The minimum absolute atomic E-state index is 0.0184. The third-order valence-electron chi connectivity index (χ3n) is 3.16. The summed E-state index contributed by atoms with van der Waals surface area (Å²) in [6.45, 7) is 6.91. The van der Waals surface area contributed by atoms with Gasteiger partial charge >= 0.3 is 12.0 Å². The molecule has 5 nitrogen and oxygen atoms in total. The van der Waals surface area contributed by atoms with Gasteiger partial charge in [0.15, 0.2) is 0 Å². The summed E-state index contributed by atoms with van der Waals surface area (Å²) >= 11 is 0. The Hall–Kier alpha value is -1.70. The Bertz CT molecular complexity index is 332. The van der Waals surface area contributed by atoms with E-state index in [1.54, 1.807) is 4.90 Å². The van der Waals surface area contributed by atoms with E-state index < -0.39 is 5.97 Å². The number of carbonyl (C=O) groups is 2. The summed E-state index contributed by atoms with van der Waals surface area (Å²) in [6, 6.07) is -0.297. The number of terminal acetylenes is 1. The molecule has 0 spiro atoms. The number of nitrogens with zero attached hydrogens (tertiary/aromatic N) is 2. The zero-order valence-electron chi connectivity index (χ0n) is 12.1. The number of rotatable bonds is 8. The van der Waals surface area contributed by atoms with Crippen LogP contribution in [-0.2, 0) is 4.79 Å². The van der Waals surface area contributed by atoms with E-state index in [1.165, 1.54) is 4.90 Å². The van der Waals surface area contributed by atoms with Crippen LogP contribution in [0.1, 0.15) is 33.6 Å². The van der Waals surface area contributed by atoms with Gasteiger partial charge < -0.3 is 14.9 Å². The number of aliphatic carboxylic acids is 1. The SMILES string of the molecule is C#CCN(CC(=O)O)C(=O)N(CC)CC(CC)CC. The molecule has 19 heavy (non-hydrogen) atoms. The highest BCUT2D eigenvalue weighted by Gasteiger charge is 2.22. The van der Waals surface area contributed by atoms with E-state index in [1.807, 2.05) is 6.92 Å². The molecule has 0 rings (SSSR count). The lowest BCUT2D eigenvalue weighted by Crippen LogP contribution is -2.47. The number of carboxylic acid groups (broad SMARTS) is 1. The van der Waals surface area contributed by atoms with Crippen LogP contribution in [0.25, 0.3) is 0 Å². The lowest BCUT2D eigenvalue weighted by Gasteiger charge is -2.30. The number of urea groups is 1. The molecule has 1 N–H and O–H groups in total. The van der Waals surface area contributed by atoms with E-state index in [2.05, 4.69) is 19.8 Å². The Morgan fingerprint density at radius 2 is 1.79 bits per heavy atom. The largest absolute Gasteiger partial charge is 0.480 e. The molecule has 2 amide bonds. The van der Waals surface area contributed by atoms with Gasteiger partial charge in [-0.15, -0.1) is 6.42 Å². The van der Waals surface area contributed by atoms with Crippen LogP contribution in [0.4, 0.5) is 4.79 Å². The molecule has 0 fully saturated rings. The van der Waals surface area contributed by atoms with Crippen molar-refractivity contribution in [3.63, 3.8) is 0 Å². The normalized spacial score (nSPS) is 10.1. The van der Waals surface area contributed by atoms with Gasteiger partial charge in [-0.3, -0.25) is 4.79 Å². The molecule has 0 atom stereocenters. The predicted octanol–water partition coefficient (Wildman–Crippen LogP) is 1.88. The van der Waals surface area contributed by atoms with E-state index in [0.717, 1.165) is 12.8 Å². The average molecular weight is 268 g/mol. The van der Waals surface area contributed by atoms with Crippen LogP contribution in [0.15, 0.2) is 0 Å². The van der Waals surface area contributed by atoms with Crippen molar-refractivity contribution in [1.29, 1.82) is 0 Å². The topological polar surface area (TPSA) is 60.9 Å². The van der Waals surface area contributed by atoms with E-state index in [0.29, 0.717) is 19.0 Å². The van der Waals surface area contributed by atoms with Crippen LogP contribution in [0.5, 0.6) is 0 Å². The summed E-state index contributed by atoms with van der Waals surface area (Å²) in [5.74, 6) is 1.71. The molecular weight excluding hydrogens is 244 g/mol. The fourth-order valence-corrected chi connectivity index (χ4v) is 1.87. The van der Waals surface area contributed by atoms with E-state index >= 15 is 0 Å². The summed E-state index contributed by atoms with van der Waals surface area (Å²) in [7, 11) is 0. The Morgan fingerprint density at radius 3 is 2.16 bits per heavy atom. The lowest BCUT2D eigenvalue weighted by molar-refractivity contribution is -0.137. The first-order valence-corrected chi connectivity index (χ1v) is 6.69. The van der Waals surface area contributed by atoms with Crippen LogP contribution < -0.4 is 0 Å². The number of hydrogen-bond acceptors (Lipinski definition) is 2. The van der Waals surface area contributed by atoms with Gasteiger partial charge in [0, 0.05) is 13.1 Å². The van der Waals surface area contributed by atoms with E-state index in [9.17, 15) is 9.59 Å². The molecule has 0 aliphatic heterocycles. The highest BCUT2D eigenvalue weighted by Crippen LogP contribution is 2.11. The first-order valence-electron chi connectivity index (χ1n) is 6.69. The second-order valence-corrected chi connectivity index (χ2v) is 4.46. The second-order valence-electron chi connectivity index (χ2n) is 4.46. The van der Waals surface area contributed by atoms with Gasteiger partial charge in [-0.25, -0.2) is 4.79 Å². The maximum atomic E-state index is 12.3. The Morgan fingerprint density at radius 1 is 1.21 bits per heavy atom. The standard InChI is InChI=1S/C14H24N2O3/c1-5-9-16(11-13(17)18)14(19)15(8-4)10-12(6-2)7-3/h1,12H,6-11H2,2-4H3,(H,17,18). The van der Waals surface area contributed by atoms with E-state index in [-0.39, 0.29) is 19.1 Å². The monoisotopic (exact) mass is 268 g/mol. The molecule has 0 radical (unpaired) electrons. The third kappa shape index (κ3) is 6.14. The molecule has 0 unspecified atom stereocenters. The molecule has 0 bridgehead atoms. The highest BCUT2D eigenvalue weighted by atomic mass is 16.4. The molecule has 0 aliphatic carbocycles. The Balaban J connectivity index is 4.76. The van der Waals surface area contributed by atoms with Gasteiger partial charge in [0.25, 0.3) is 0 Å². The summed E-state index contributed by atoms with van der Waals surface area (Å²) in [6.07, 6.45) is 7.17. The van der Waals surface area contributed by atoms with Crippen LogP contribution in [0, 0.1) is 18.3 Å². The Kier molecular flexibility index (Phi) is 8.43. The molecule has 0 saturated heterocycles. The van der Waals surface area contributed by atoms with Crippen LogP contribution in [0.3, 0.4) is 0 Å². The van der Waals surface area contributed by atoms with Crippen LogP contribution in [0.2, 0.25) is 0 Å². The minimum atomic E-state index is -1.05. The summed E-state index contributed by atoms with van der Waals surface area (Å²) in [5.41, 5.74) is 0. The number of carboxylic acids is 1. The van der Waals surface area contributed by atoms with Crippen molar-refractivity contribution >= 4 is 12.0 Å². The van der Waals surface area contributed by atoms with E-state index in [4.69, 9.17) is 11.5 Å². The van der Waals surface area contributed by atoms with Gasteiger partial charge in [0.1, 0.15) is 6.54 Å². The molecule has 0 saturated carbocycles. The molecule has 5 heteroatoms. The second kappa shape index (κ2) is 9.26. The Labute approximate surface area is 115 Å². The van der Waals surface area contributed by atoms with Crippen molar-refractivity contribution in [3.8, 4) is 12.3 Å². The maximum absolute atomic E-state index is 12.3. The van der Waals surface area contributed by atoms with Gasteiger partial charge in [0.2, 0.25) is 0 Å². The van der Waals surface area contributed by atoms with Gasteiger partial charge in [-0.05, 0) is 12.8 Å². The molecule has 0 aromatic heterocycles. The number of amides is 2. The third-order valence-corrected chi connectivity index (χ3v) is 3.16. The zero-order chi connectivity index (χ0) is 14.8. The van der Waals surface area contributed by atoms with Gasteiger partial charge in [0.05, 0.1) is 6.54 Å². The molecule has 0 aliphatic rings. The minimum Gasteiger partial charge on any atom is -0.480 e. The highest BCUT2D eigenvalue weighted by molar-refractivity contribution is 5.80. The molecule has 108 valence electrons. The maximum Gasteiger partial charge on any atom is 0.323 e. The van der Waals surface area contributed by atoms with Crippen molar-refractivity contribution in [2.24, 2.45) is 5.92 Å². The molecular formula is C14H24N2O3. The first-order chi connectivity index (χ1) is 8.99. The molecule has 0 aromatic carbocycles. The lowest BCUT2D eigenvalue weighted by atomic mass is 10.0.